The van der Waals surface area contributed by atoms with Crippen molar-refractivity contribution in [2.75, 3.05) is 0 Å². The minimum atomic E-state index is -2.18. The van der Waals surface area contributed by atoms with Crippen LogP contribution in [0.5, 0.6) is 0 Å². The molecule has 0 aliphatic heterocycles. The molecular formula is C24H52Sn. The van der Waals surface area contributed by atoms with Crippen molar-refractivity contribution in [1.82, 2.24) is 0 Å². The maximum atomic E-state index is 2.47. The molecule has 0 fully saturated rings. The summed E-state index contributed by atoms with van der Waals surface area (Å²) in [5, 5.41) is 0. The van der Waals surface area contributed by atoms with Gasteiger partial charge in [0.15, 0.2) is 0 Å². The summed E-state index contributed by atoms with van der Waals surface area (Å²) in [5.74, 6) is 0. The van der Waals surface area contributed by atoms with Crippen molar-refractivity contribution in [1.29, 1.82) is 0 Å². The van der Waals surface area contributed by atoms with Gasteiger partial charge < -0.3 is 0 Å². The summed E-state index contributed by atoms with van der Waals surface area (Å²) in [6, 6.07) is 0. The first-order valence-corrected chi connectivity index (χ1v) is 19.6. The van der Waals surface area contributed by atoms with Crippen LogP contribution in [0, 0.1) is 0 Å². The van der Waals surface area contributed by atoms with Crippen LogP contribution in [-0.4, -0.2) is 18.4 Å². The van der Waals surface area contributed by atoms with Crippen LogP contribution in [0.15, 0.2) is 0 Å². The molecule has 0 heterocycles. The fourth-order valence-corrected chi connectivity index (χ4v) is 27.2. The summed E-state index contributed by atoms with van der Waals surface area (Å²) in [5.41, 5.74) is 0. The molecule has 0 radical (unpaired) electrons. The molecule has 0 aliphatic rings. The van der Waals surface area contributed by atoms with Gasteiger partial charge in [0.1, 0.15) is 0 Å². The van der Waals surface area contributed by atoms with Crippen LogP contribution < -0.4 is 0 Å². The molecule has 0 rings (SSSR count). The zero-order chi connectivity index (χ0) is 19.0. The molecule has 0 aliphatic carbocycles. The molecular weight excluding hydrogens is 407 g/mol. The van der Waals surface area contributed by atoms with Gasteiger partial charge in [0.25, 0.3) is 0 Å². The zero-order valence-corrected chi connectivity index (χ0v) is 21.9. The molecule has 0 atom stereocenters. The van der Waals surface area contributed by atoms with Crippen molar-refractivity contribution in [2.45, 2.75) is 148 Å². The summed E-state index contributed by atoms with van der Waals surface area (Å²) < 4.78 is 5.95. The van der Waals surface area contributed by atoms with Crippen LogP contribution in [0.3, 0.4) is 0 Å². The van der Waals surface area contributed by atoms with Gasteiger partial charge >= 0.3 is 167 Å². The van der Waals surface area contributed by atoms with E-state index in [-0.39, 0.29) is 0 Å². The zero-order valence-electron chi connectivity index (χ0n) is 19.0. The predicted molar refractivity (Wildman–Crippen MR) is 122 cm³/mol. The van der Waals surface area contributed by atoms with Gasteiger partial charge in [0, 0.05) is 0 Å². The molecule has 0 unspecified atom stereocenters. The molecule has 0 spiro atoms. The van der Waals surface area contributed by atoms with Crippen molar-refractivity contribution in [3.8, 4) is 0 Å². The van der Waals surface area contributed by atoms with E-state index >= 15 is 0 Å². The van der Waals surface area contributed by atoms with Gasteiger partial charge in [0.2, 0.25) is 0 Å². The Balaban J connectivity index is 5.87. The van der Waals surface area contributed by atoms with Gasteiger partial charge in [-0.2, -0.15) is 0 Å². The molecule has 0 N–H and O–H groups in total. The molecule has 0 amide bonds. The average Bonchev–Trinajstić information content (AvgIpc) is 2.63. The molecule has 0 aromatic rings. The minimum absolute atomic E-state index is 0.828. The van der Waals surface area contributed by atoms with Crippen LogP contribution in [-0.2, 0) is 0 Å². The Morgan fingerprint density at radius 2 is 0.800 bits per heavy atom. The number of hydrogen-bond acceptors (Lipinski definition) is 0. The van der Waals surface area contributed by atoms with E-state index in [9.17, 15) is 0 Å². The van der Waals surface area contributed by atoms with Crippen molar-refractivity contribution in [2.24, 2.45) is 0 Å². The van der Waals surface area contributed by atoms with Gasteiger partial charge in [-0.1, -0.05) is 0 Å². The van der Waals surface area contributed by atoms with Crippen molar-refractivity contribution in [3.63, 3.8) is 0 Å². The quantitative estimate of drug-likeness (QED) is 0.179. The molecule has 0 bridgehead atoms. The third-order valence-electron chi connectivity index (χ3n) is 6.90. The first kappa shape index (κ1) is 25.8. The summed E-state index contributed by atoms with van der Waals surface area (Å²) >= 11 is -2.18. The second-order valence-electron chi connectivity index (χ2n) is 8.83. The molecule has 0 aromatic heterocycles. The second-order valence-corrected chi connectivity index (χ2v) is 23.4. The van der Waals surface area contributed by atoms with E-state index in [1.165, 1.54) is 70.6 Å². The molecule has 0 saturated carbocycles. The van der Waals surface area contributed by atoms with Gasteiger partial charge in [-0.25, -0.2) is 0 Å². The average molecular weight is 459 g/mol. The number of unbranched alkanes of at least 4 members (excludes halogenated alkanes) is 5. The van der Waals surface area contributed by atoms with Crippen molar-refractivity contribution < 1.29 is 0 Å². The van der Waals surface area contributed by atoms with E-state index in [2.05, 4.69) is 41.5 Å². The first-order chi connectivity index (χ1) is 12.1. The summed E-state index contributed by atoms with van der Waals surface area (Å²) in [6.07, 6.45) is 20.8. The first-order valence-electron chi connectivity index (χ1n) is 12.1. The molecule has 1 heteroatoms. The van der Waals surface area contributed by atoms with E-state index in [1.807, 2.05) is 0 Å². The van der Waals surface area contributed by atoms with Gasteiger partial charge in [-0.3, -0.25) is 0 Å². The summed E-state index contributed by atoms with van der Waals surface area (Å²) in [4.78, 5) is 0. The maximum absolute atomic E-state index is 2.47. The Morgan fingerprint density at radius 3 is 1.08 bits per heavy atom. The van der Waals surface area contributed by atoms with Crippen LogP contribution in [0.4, 0.5) is 0 Å². The monoisotopic (exact) mass is 460 g/mol. The van der Waals surface area contributed by atoms with Gasteiger partial charge in [-0.05, 0) is 0 Å². The number of hydrogen-bond donors (Lipinski definition) is 0. The normalized spacial score (nSPS) is 12.7. The summed E-state index contributed by atoms with van der Waals surface area (Å²) in [6.45, 7) is 14.6. The van der Waals surface area contributed by atoms with E-state index in [4.69, 9.17) is 0 Å². The fourth-order valence-electron chi connectivity index (χ4n) is 5.40. The fraction of sp³-hybridized carbons (Fsp3) is 1.00. The van der Waals surface area contributed by atoms with Crippen LogP contribution in [0.25, 0.3) is 0 Å². The number of rotatable bonds is 18. The van der Waals surface area contributed by atoms with E-state index in [0.29, 0.717) is 0 Å². The standard InChI is InChI=1S/C12H25.3C4H9.Sn/c1-4-7-10-12(9-6-3)11-8-5-2;3*1-3-4-2;/h4-11H2,1-3H3;3*1,3-4H2,2H3;. The second kappa shape index (κ2) is 15.8. The molecule has 152 valence electrons. The Bertz CT molecular complexity index is 254. The Labute approximate surface area is 166 Å². The van der Waals surface area contributed by atoms with Crippen LogP contribution in [0.1, 0.15) is 131 Å². The third kappa shape index (κ3) is 8.56. The Hall–Kier alpha value is 0.799. The van der Waals surface area contributed by atoms with E-state index in [0.717, 1.165) is 3.43 Å². The molecule has 0 nitrogen and oxygen atoms in total. The SMILES string of the molecule is CCCC[C](CCC)(CCCC)[Sn]([CH2]CCC)([CH2]CCC)[CH2]CCC. The molecule has 0 aromatic carbocycles. The third-order valence-corrected chi connectivity index (χ3v) is 26.7. The van der Waals surface area contributed by atoms with Crippen LogP contribution >= 0.6 is 0 Å². The van der Waals surface area contributed by atoms with Crippen LogP contribution in [0.2, 0.25) is 16.7 Å². The topological polar surface area (TPSA) is 0 Å². The van der Waals surface area contributed by atoms with E-state index < -0.39 is 18.4 Å². The molecule has 25 heavy (non-hydrogen) atoms. The van der Waals surface area contributed by atoms with Crippen molar-refractivity contribution >= 4 is 18.4 Å². The van der Waals surface area contributed by atoms with Gasteiger partial charge in [-0.15, -0.1) is 0 Å². The summed E-state index contributed by atoms with van der Waals surface area (Å²) in [7, 11) is 0. The van der Waals surface area contributed by atoms with Crippen molar-refractivity contribution in [3.05, 3.63) is 0 Å². The Kier molecular flexibility index (Phi) is 16.3. The molecule has 0 saturated heterocycles. The Morgan fingerprint density at radius 1 is 0.440 bits per heavy atom. The van der Waals surface area contributed by atoms with E-state index in [1.54, 1.807) is 32.6 Å². The van der Waals surface area contributed by atoms with Gasteiger partial charge in [0.05, 0.1) is 0 Å². The predicted octanol–water partition coefficient (Wildman–Crippen LogP) is 9.76.